The molecule has 5 nitrogen and oxygen atoms in total. The molecule has 0 unspecified atom stereocenters. The highest BCUT2D eigenvalue weighted by atomic mass is 32.1. The molecule has 16 heavy (non-hydrogen) atoms. The van der Waals surface area contributed by atoms with Crippen molar-refractivity contribution in [3.8, 4) is 0 Å². The normalized spacial score (nSPS) is 10.9. The predicted octanol–water partition coefficient (Wildman–Crippen LogP) is 1.48. The Morgan fingerprint density at radius 1 is 1.38 bits per heavy atom. The van der Waals surface area contributed by atoms with Crippen LogP contribution < -0.4 is 5.32 Å². The number of hydrogen-bond acceptors (Lipinski definition) is 6. The molecule has 0 aromatic carbocycles. The van der Waals surface area contributed by atoms with E-state index in [-0.39, 0.29) is 0 Å². The number of nitrogens with zero attached hydrogens (tertiary/aromatic N) is 3. The summed E-state index contributed by atoms with van der Waals surface area (Å²) in [6.45, 7) is 5.43. The molecule has 0 saturated heterocycles. The van der Waals surface area contributed by atoms with E-state index >= 15 is 0 Å². The van der Waals surface area contributed by atoms with Crippen molar-refractivity contribution >= 4 is 11.3 Å². The Morgan fingerprint density at radius 2 is 2.25 bits per heavy atom. The fourth-order valence-corrected chi connectivity index (χ4v) is 1.96. The maximum atomic E-state index is 5.01. The average molecular weight is 238 g/mol. The van der Waals surface area contributed by atoms with Crippen molar-refractivity contribution in [1.29, 1.82) is 0 Å². The van der Waals surface area contributed by atoms with Crippen molar-refractivity contribution in [2.24, 2.45) is 0 Å². The van der Waals surface area contributed by atoms with E-state index in [1.165, 1.54) is 0 Å². The molecule has 2 rings (SSSR count). The molecule has 0 aliphatic carbocycles. The molecule has 0 saturated carbocycles. The van der Waals surface area contributed by atoms with Crippen molar-refractivity contribution in [1.82, 2.24) is 20.4 Å². The monoisotopic (exact) mass is 238 g/mol. The first-order valence-electron chi connectivity index (χ1n) is 5.15. The Balaban J connectivity index is 1.69. The number of hydrogen-bond donors (Lipinski definition) is 1. The number of nitrogens with one attached hydrogen (secondary N) is 1. The molecule has 86 valence electrons. The van der Waals surface area contributed by atoms with Gasteiger partial charge in [-0.1, -0.05) is 5.16 Å². The number of aromatic nitrogens is 3. The average Bonchev–Trinajstić information content (AvgIpc) is 2.83. The zero-order chi connectivity index (χ0) is 11.4. The fraction of sp³-hybridized carbons (Fsp3) is 0.500. The molecule has 2 aromatic heterocycles. The Kier molecular flexibility index (Phi) is 3.63. The highest BCUT2D eigenvalue weighted by molar-refractivity contribution is 7.09. The summed E-state index contributed by atoms with van der Waals surface area (Å²) in [5, 5.41) is 10.2. The van der Waals surface area contributed by atoms with Crippen LogP contribution in [-0.4, -0.2) is 21.7 Å². The quantitative estimate of drug-likeness (QED) is 0.799. The van der Waals surface area contributed by atoms with Gasteiger partial charge in [0.05, 0.1) is 10.7 Å². The van der Waals surface area contributed by atoms with E-state index in [4.69, 9.17) is 4.52 Å². The molecule has 0 bridgehead atoms. The van der Waals surface area contributed by atoms with Gasteiger partial charge in [-0.25, -0.2) is 4.98 Å². The molecule has 0 aliphatic heterocycles. The maximum absolute atomic E-state index is 5.01. The predicted molar refractivity (Wildman–Crippen MR) is 61.3 cm³/mol. The topological polar surface area (TPSA) is 63.8 Å². The van der Waals surface area contributed by atoms with Crippen LogP contribution in [-0.2, 0) is 13.0 Å². The van der Waals surface area contributed by atoms with Crippen LogP contribution in [0.2, 0.25) is 0 Å². The van der Waals surface area contributed by atoms with Crippen LogP contribution >= 0.6 is 11.3 Å². The minimum Gasteiger partial charge on any atom is -0.339 e. The Bertz CT molecular complexity index is 409. The minimum absolute atomic E-state index is 0.680. The largest absolute Gasteiger partial charge is 0.339 e. The Labute approximate surface area is 97.9 Å². The van der Waals surface area contributed by atoms with E-state index in [0.29, 0.717) is 11.7 Å². The van der Waals surface area contributed by atoms with Crippen LogP contribution in [0.3, 0.4) is 0 Å². The lowest BCUT2D eigenvalue weighted by molar-refractivity contribution is 0.372. The molecule has 0 radical (unpaired) electrons. The van der Waals surface area contributed by atoms with E-state index in [0.717, 1.165) is 30.2 Å². The number of rotatable bonds is 5. The van der Waals surface area contributed by atoms with Crippen molar-refractivity contribution in [2.45, 2.75) is 26.8 Å². The van der Waals surface area contributed by atoms with Gasteiger partial charge in [0.25, 0.3) is 0 Å². The van der Waals surface area contributed by atoms with Crippen LogP contribution in [0.15, 0.2) is 9.90 Å². The summed E-state index contributed by atoms with van der Waals surface area (Å²) in [6.07, 6.45) is 0.754. The second-order valence-corrected chi connectivity index (χ2v) is 4.58. The lowest BCUT2D eigenvalue weighted by Gasteiger charge is -1.98. The first-order valence-corrected chi connectivity index (χ1v) is 6.03. The molecular formula is C10H14N4OS. The van der Waals surface area contributed by atoms with Crippen molar-refractivity contribution < 1.29 is 4.52 Å². The number of aryl methyl sites for hydroxylation is 2. The standard InChI is InChI=1S/C10H14N4OS/c1-7-12-10(15-14-7)3-4-11-5-9-6-16-8(2)13-9/h6,11H,3-5H2,1-2H3. The third kappa shape index (κ3) is 3.11. The van der Waals surface area contributed by atoms with Gasteiger partial charge in [-0.3, -0.25) is 0 Å². The third-order valence-corrected chi connectivity index (χ3v) is 2.88. The lowest BCUT2D eigenvalue weighted by Crippen LogP contribution is -2.17. The molecule has 0 spiro atoms. The number of thiazole rings is 1. The fourth-order valence-electron chi connectivity index (χ4n) is 1.34. The Morgan fingerprint density at radius 3 is 2.88 bits per heavy atom. The second-order valence-electron chi connectivity index (χ2n) is 3.52. The van der Waals surface area contributed by atoms with Crippen molar-refractivity contribution in [2.75, 3.05) is 6.54 Å². The molecular weight excluding hydrogens is 224 g/mol. The van der Waals surface area contributed by atoms with E-state index in [9.17, 15) is 0 Å². The van der Waals surface area contributed by atoms with E-state index in [1.807, 2.05) is 13.8 Å². The highest BCUT2D eigenvalue weighted by Gasteiger charge is 2.02. The van der Waals surface area contributed by atoms with Gasteiger partial charge in [-0.15, -0.1) is 11.3 Å². The SMILES string of the molecule is Cc1noc(CCNCc2csc(C)n2)n1. The summed E-state index contributed by atoms with van der Waals surface area (Å²) < 4.78 is 5.01. The molecule has 1 N–H and O–H groups in total. The molecule has 6 heteroatoms. The molecule has 2 heterocycles. The molecule has 0 aliphatic rings. The van der Waals surface area contributed by atoms with Gasteiger partial charge in [0.1, 0.15) is 0 Å². The minimum atomic E-state index is 0.680. The summed E-state index contributed by atoms with van der Waals surface area (Å²) in [5.41, 5.74) is 1.09. The van der Waals surface area contributed by atoms with Crippen molar-refractivity contribution in [3.63, 3.8) is 0 Å². The zero-order valence-corrected chi connectivity index (χ0v) is 10.2. The van der Waals surface area contributed by atoms with Gasteiger partial charge in [0.15, 0.2) is 5.82 Å². The molecule has 2 aromatic rings. The maximum Gasteiger partial charge on any atom is 0.227 e. The first-order chi connectivity index (χ1) is 7.74. The van der Waals surface area contributed by atoms with Crippen molar-refractivity contribution in [3.05, 3.63) is 27.8 Å². The highest BCUT2D eigenvalue weighted by Crippen LogP contribution is 2.07. The van der Waals surface area contributed by atoms with Gasteiger partial charge in [0.2, 0.25) is 5.89 Å². The zero-order valence-electron chi connectivity index (χ0n) is 9.36. The van der Waals surface area contributed by atoms with Gasteiger partial charge < -0.3 is 9.84 Å². The summed E-state index contributed by atoms with van der Waals surface area (Å²) in [7, 11) is 0. The van der Waals surface area contributed by atoms with E-state index in [1.54, 1.807) is 11.3 Å². The molecule has 0 amide bonds. The smallest absolute Gasteiger partial charge is 0.227 e. The third-order valence-electron chi connectivity index (χ3n) is 2.06. The summed E-state index contributed by atoms with van der Waals surface area (Å²) in [6, 6.07) is 0. The van der Waals surface area contributed by atoms with Gasteiger partial charge in [-0.05, 0) is 13.8 Å². The van der Waals surface area contributed by atoms with Crippen LogP contribution in [0.4, 0.5) is 0 Å². The van der Waals surface area contributed by atoms with Crippen LogP contribution in [0, 0.1) is 13.8 Å². The first kappa shape index (κ1) is 11.2. The summed E-state index contributed by atoms with van der Waals surface area (Å²) in [5.74, 6) is 1.37. The second kappa shape index (κ2) is 5.18. The summed E-state index contributed by atoms with van der Waals surface area (Å²) in [4.78, 5) is 8.49. The van der Waals surface area contributed by atoms with E-state index in [2.05, 4.69) is 25.8 Å². The van der Waals surface area contributed by atoms with Gasteiger partial charge in [-0.2, -0.15) is 4.98 Å². The molecule has 0 fully saturated rings. The van der Waals surface area contributed by atoms with E-state index < -0.39 is 0 Å². The van der Waals surface area contributed by atoms with Gasteiger partial charge >= 0.3 is 0 Å². The van der Waals surface area contributed by atoms with Gasteiger partial charge in [0, 0.05) is 24.9 Å². The Hall–Kier alpha value is -1.27. The van der Waals surface area contributed by atoms with Crippen LogP contribution in [0.5, 0.6) is 0 Å². The van der Waals surface area contributed by atoms with Crippen LogP contribution in [0.1, 0.15) is 22.4 Å². The molecule has 0 atom stereocenters. The summed E-state index contributed by atoms with van der Waals surface area (Å²) >= 11 is 1.67. The van der Waals surface area contributed by atoms with Crippen LogP contribution in [0.25, 0.3) is 0 Å². The lowest BCUT2D eigenvalue weighted by atomic mass is 10.4.